The van der Waals surface area contributed by atoms with Gasteiger partial charge in [-0.15, -0.1) is 0 Å². The smallest absolute Gasteiger partial charge is 0.128 e. The van der Waals surface area contributed by atoms with Gasteiger partial charge in [-0.2, -0.15) is 0 Å². The molecule has 1 fully saturated rings. The Labute approximate surface area is 103 Å². The van der Waals surface area contributed by atoms with E-state index in [9.17, 15) is 4.39 Å². The van der Waals surface area contributed by atoms with Crippen LogP contribution in [-0.4, -0.2) is 24.0 Å². The molecule has 1 aliphatic heterocycles. The second kappa shape index (κ2) is 5.15. The third-order valence-electron chi connectivity index (χ3n) is 3.74. The van der Waals surface area contributed by atoms with Crippen molar-refractivity contribution >= 4 is 0 Å². The molecule has 0 aromatic heterocycles. The summed E-state index contributed by atoms with van der Waals surface area (Å²) in [6.07, 6.45) is 2.37. The molecule has 17 heavy (non-hydrogen) atoms. The number of aryl methyl sites for hydroxylation is 1. The van der Waals surface area contributed by atoms with E-state index < -0.39 is 0 Å². The van der Waals surface area contributed by atoms with E-state index in [1.54, 1.807) is 12.1 Å². The Morgan fingerprint density at radius 3 is 2.88 bits per heavy atom. The fraction of sp³-hybridized carbons (Fsp3) is 0.571. The highest BCUT2D eigenvalue weighted by Crippen LogP contribution is 2.30. The van der Waals surface area contributed by atoms with E-state index in [0.29, 0.717) is 12.6 Å². The van der Waals surface area contributed by atoms with Crippen LogP contribution in [0.4, 0.5) is 4.39 Å². The molecule has 1 saturated heterocycles. The Kier molecular flexibility index (Phi) is 3.79. The molecule has 0 amide bonds. The molecule has 1 aromatic carbocycles. The first kappa shape index (κ1) is 12.5. The minimum atomic E-state index is -0.134. The molecule has 2 rings (SSSR count). The predicted molar refractivity (Wildman–Crippen MR) is 68.3 cm³/mol. The summed E-state index contributed by atoms with van der Waals surface area (Å²) in [4.78, 5) is 2.33. The maximum absolute atomic E-state index is 13.9. The summed E-state index contributed by atoms with van der Waals surface area (Å²) in [7, 11) is 0. The van der Waals surface area contributed by atoms with Gasteiger partial charge in [0.15, 0.2) is 0 Å². The summed E-state index contributed by atoms with van der Waals surface area (Å²) < 4.78 is 13.9. The summed E-state index contributed by atoms with van der Waals surface area (Å²) in [6.45, 7) is 5.69. The zero-order valence-electron chi connectivity index (χ0n) is 10.6. The van der Waals surface area contributed by atoms with E-state index in [1.807, 2.05) is 13.0 Å². The second-order valence-corrected chi connectivity index (χ2v) is 5.01. The Hall–Kier alpha value is -0.930. The molecule has 1 aliphatic rings. The second-order valence-electron chi connectivity index (χ2n) is 5.01. The molecule has 1 heterocycles. The molecule has 3 heteroatoms. The summed E-state index contributed by atoms with van der Waals surface area (Å²) in [6, 6.07) is 5.81. The number of rotatable bonds is 3. The zero-order chi connectivity index (χ0) is 12.4. The van der Waals surface area contributed by atoms with Crippen molar-refractivity contribution in [2.24, 2.45) is 5.73 Å². The van der Waals surface area contributed by atoms with Crippen LogP contribution in [-0.2, 0) is 0 Å². The van der Waals surface area contributed by atoms with Crippen LogP contribution in [0, 0.1) is 12.7 Å². The average Bonchev–Trinajstić information content (AvgIpc) is 2.71. The monoisotopic (exact) mass is 236 g/mol. The van der Waals surface area contributed by atoms with Gasteiger partial charge < -0.3 is 5.73 Å². The van der Waals surface area contributed by atoms with Gasteiger partial charge >= 0.3 is 0 Å². The van der Waals surface area contributed by atoms with Gasteiger partial charge in [0.25, 0.3) is 0 Å². The van der Waals surface area contributed by atoms with Gasteiger partial charge in [-0.3, -0.25) is 4.90 Å². The van der Waals surface area contributed by atoms with E-state index >= 15 is 0 Å². The molecule has 1 aromatic rings. The minimum absolute atomic E-state index is 0.0207. The Morgan fingerprint density at radius 2 is 2.29 bits per heavy atom. The van der Waals surface area contributed by atoms with Crippen molar-refractivity contribution in [3.05, 3.63) is 35.1 Å². The van der Waals surface area contributed by atoms with E-state index in [2.05, 4.69) is 11.8 Å². The largest absolute Gasteiger partial charge is 0.329 e. The van der Waals surface area contributed by atoms with Crippen molar-refractivity contribution in [1.82, 2.24) is 4.90 Å². The van der Waals surface area contributed by atoms with Gasteiger partial charge in [0.2, 0.25) is 0 Å². The lowest BCUT2D eigenvalue weighted by Crippen LogP contribution is -2.36. The van der Waals surface area contributed by atoms with Crippen LogP contribution < -0.4 is 5.73 Å². The lowest BCUT2D eigenvalue weighted by Gasteiger charge is -2.31. The van der Waals surface area contributed by atoms with Crippen molar-refractivity contribution < 1.29 is 4.39 Å². The minimum Gasteiger partial charge on any atom is -0.329 e. The first-order valence-electron chi connectivity index (χ1n) is 6.35. The van der Waals surface area contributed by atoms with E-state index in [1.165, 1.54) is 12.8 Å². The zero-order valence-corrected chi connectivity index (χ0v) is 10.6. The molecule has 2 unspecified atom stereocenters. The van der Waals surface area contributed by atoms with Gasteiger partial charge in [-0.25, -0.2) is 4.39 Å². The first-order valence-corrected chi connectivity index (χ1v) is 6.35. The number of hydrogen-bond acceptors (Lipinski definition) is 2. The Bertz CT molecular complexity index is 392. The third kappa shape index (κ3) is 2.50. The highest BCUT2D eigenvalue weighted by atomic mass is 19.1. The molecule has 0 bridgehead atoms. The van der Waals surface area contributed by atoms with Crippen LogP contribution in [0.3, 0.4) is 0 Å². The van der Waals surface area contributed by atoms with Gasteiger partial charge in [-0.1, -0.05) is 17.7 Å². The number of halogens is 1. The van der Waals surface area contributed by atoms with Gasteiger partial charge in [0.05, 0.1) is 6.04 Å². The Morgan fingerprint density at radius 1 is 1.53 bits per heavy atom. The number of nitrogens with zero attached hydrogens (tertiary/aromatic N) is 1. The van der Waals surface area contributed by atoms with Gasteiger partial charge in [-0.05, 0) is 39.3 Å². The molecule has 0 aliphatic carbocycles. The SMILES string of the molecule is Cc1ccc(F)c(C(CN)N2CCCC2C)c1. The van der Waals surface area contributed by atoms with Crippen LogP contribution in [0.25, 0.3) is 0 Å². The molecule has 2 atom stereocenters. The predicted octanol–water partition coefficient (Wildman–Crippen LogP) is 2.62. The number of hydrogen-bond donors (Lipinski definition) is 1. The quantitative estimate of drug-likeness (QED) is 0.874. The summed E-state index contributed by atoms with van der Waals surface area (Å²) in [5.41, 5.74) is 7.70. The maximum Gasteiger partial charge on any atom is 0.128 e. The van der Waals surface area contributed by atoms with Crippen molar-refractivity contribution in [2.45, 2.75) is 38.8 Å². The molecule has 0 spiro atoms. The highest BCUT2D eigenvalue weighted by Gasteiger charge is 2.29. The summed E-state index contributed by atoms with van der Waals surface area (Å²) in [5.74, 6) is -0.134. The van der Waals surface area contributed by atoms with Crippen LogP contribution in [0.15, 0.2) is 18.2 Å². The average molecular weight is 236 g/mol. The lowest BCUT2D eigenvalue weighted by molar-refractivity contribution is 0.192. The number of benzene rings is 1. The molecular formula is C14H21FN2. The molecule has 0 radical (unpaired) electrons. The first-order chi connectivity index (χ1) is 8.13. The third-order valence-corrected chi connectivity index (χ3v) is 3.74. The van der Waals surface area contributed by atoms with Crippen molar-refractivity contribution in [2.75, 3.05) is 13.1 Å². The number of likely N-dealkylation sites (tertiary alicyclic amines) is 1. The Balaban J connectivity index is 2.31. The molecule has 94 valence electrons. The van der Waals surface area contributed by atoms with Crippen molar-refractivity contribution in [3.63, 3.8) is 0 Å². The topological polar surface area (TPSA) is 29.3 Å². The van der Waals surface area contributed by atoms with E-state index in [4.69, 9.17) is 5.73 Å². The molecular weight excluding hydrogens is 215 g/mol. The standard InChI is InChI=1S/C14H21FN2/c1-10-5-6-13(15)12(8-10)14(9-16)17-7-3-4-11(17)2/h5-6,8,11,14H,3-4,7,9,16H2,1-2H3. The summed E-state index contributed by atoms with van der Waals surface area (Å²) in [5, 5.41) is 0. The highest BCUT2D eigenvalue weighted by molar-refractivity contribution is 5.27. The normalized spacial score (nSPS) is 22.9. The summed E-state index contributed by atoms with van der Waals surface area (Å²) >= 11 is 0. The number of nitrogens with two attached hydrogens (primary N) is 1. The van der Waals surface area contributed by atoms with Crippen LogP contribution in [0.2, 0.25) is 0 Å². The van der Waals surface area contributed by atoms with E-state index in [0.717, 1.165) is 17.7 Å². The van der Waals surface area contributed by atoms with Crippen molar-refractivity contribution in [3.8, 4) is 0 Å². The molecule has 2 N–H and O–H groups in total. The van der Waals surface area contributed by atoms with Gasteiger partial charge in [0, 0.05) is 18.2 Å². The fourth-order valence-electron chi connectivity index (χ4n) is 2.78. The maximum atomic E-state index is 13.9. The van der Waals surface area contributed by atoms with Gasteiger partial charge in [0.1, 0.15) is 5.82 Å². The molecule has 2 nitrogen and oxygen atoms in total. The molecule has 0 saturated carbocycles. The van der Waals surface area contributed by atoms with Crippen LogP contribution in [0.5, 0.6) is 0 Å². The fourth-order valence-corrected chi connectivity index (χ4v) is 2.78. The lowest BCUT2D eigenvalue weighted by atomic mass is 10.0. The van der Waals surface area contributed by atoms with E-state index in [-0.39, 0.29) is 11.9 Å². The van der Waals surface area contributed by atoms with Crippen LogP contribution >= 0.6 is 0 Å². The van der Waals surface area contributed by atoms with Crippen LogP contribution in [0.1, 0.15) is 36.9 Å². The van der Waals surface area contributed by atoms with Crippen molar-refractivity contribution in [1.29, 1.82) is 0 Å².